The number of nitrogens with one attached hydrogen (secondary N) is 1. The molecule has 5 heteroatoms. The molecular weight excluding hydrogens is 268 g/mol. The quantitative estimate of drug-likeness (QED) is 0.891. The second kappa shape index (κ2) is 6.61. The van der Waals surface area contributed by atoms with Crippen molar-refractivity contribution in [2.45, 2.75) is 45.6 Å². The van der Waals surface area contributed by atoms with E-state index in [4.69, 9.17) is 5.11 Å². The Balaban J connectivity index is 2.07. The lowest BCUT2D eigenvalue weighted by molar-refractivity contribution is 0.0696. The van der Waals surface area contributed by atoms with Crippen LogP contribution in [0.5, 0.6) is 0 Å². The van der Waals surface area contributed by atoms with E-state index < -0.39 is 5.97 Å². The topological polar surface area (TPSA) is 69.6 Å². The summed E-state index contributed by atoms with van der Waals surface area (Å²) in [6, 6.07) is 5.08. The summed E-state index contributed by atoms with van der Waals surface area (Å²) in [6.45, 7) is 4.40. The summed E-state index contributed by atoms with van der Waals surface area (Å²) in [4.78, 5) is 25.2. The number of nitrogens with zero attached hydrogens (tertiary/aromatic N) is 1. The highest BCUT2D eigenvalue weighted by Crippen LogP contribution is 2.24. The normalized spacial score (nSPS) is 15.0. The van der Waals surface area contributed by atoms with Crippen LogP contribution in [0.4, 0.5) is 10.5 Å². The average molecular weight is 290 g/mol. The van der Waals surface area contributed by atoms with Crippen molar-refractivity contribution in [1.29, 1.82) is 0 Å². The number of hydrogen-bond donors (Lipinski definition) is 2. The largest absolute Gasteiger partial charge is 0.478 e. The highest BCUT2D eigenvalue weighted by molar-refractivity contribution is 5.93. The monoisotopic (exact) mass is 290 g/mol. The van der Waals surface area contributed by atoms with Crippen LogP contribution < -0.4 is 5.32 Å². The fourth-order valence-electron chi connectivity index (χ4n) is 2.96. The molecule has 1 saturated carbocycles. The summed E-state index contributed by atoms with van der Waals surface area (Å²) in [7, 11) is 0. The van der Waals surface area contributed by atoms with Crippen molar-refractivity contribution in [3.8, 4) is 0 Å². The van der Waals surface area contributed by atoms with E-state index in [2.05, 4.69) is 5.32 Å². The van der Waals surface area contributed by atoms with E-state index >= 15 is 0 Å². The smallest absolute Gasteiger partial charge is 0.335 e. The van der Waals surface area contributed by atoms with Crippen molar-refractivity contribution < 1.29 is 14.7 Å². The summed E-state index contributed by atoms with van der Waals surface area (Å²) < 4.78 is 0. The predicted molar refractivity (Wildman–Crippen MR) is 81.8 cm³/mol. The minimum Gasteiger partial charge on any atom is -0.478 e. The van der Waals surface area contributed by atoms with Gasteiger partial charge in [0.15, 0.2) is 0 Å². The fraction of sp³-hybridized carbons (Fsp3) is 0.500. The van der Waals surface area contributed by atoms with E-state index in [0.29, 0.717) is 23.8 Å². The van der Waals surface area contributed by atoms with Crippen LogP contribution >= 0.6 is 0 Å². The lowest BCUT2D eigenvalue weighted by Gasteiger charge is -2.27. The van der Waals surface area contributed by atoms with Crippen molar-refractivity contribution in [1.82, 2.24) is 4.90 Å². The number of carbonyl (C=O) groups is 2. The van der Waals surface area contributed by atoms with Gasteiger partial charge in [-0.1, -0.05) is 12.8 Å². The zero-order valence-electron chi connectivity index (χ0n) is 12.6. The molecular formula is C16H22N2O3. The Labute approximate surface area is 125 Å². The third-order valence-corrected chi connectivity index (χ3v) is 4.08. The maximum absolute atomic E-state index is 12.4. The van der Waals surface area contributed by atoms with Crippen LogP contribution in [0.2, 0.25) is 0 Å². The van der Waals surface area contributed by atoms with Gasteiger partial charge in [-0.15, -0.1) is 0 Å². The number of aryl methyl sites for hydroxylation is 1. The first-order valence-corrected chi connectivity index (χ1v) is 7.44. The molecule has 2 amide bonds. The van der Waals surface area contributed by atoms with Crippen LogP contribution in [0.1, 0.15) is 48.5 Å². The van der Waals surface area contributed by atoms with Crippen molar-refractivity contribution in [3.63, 3.8) is 0 Å². The Bertz CT molecular complexity index is 536. The average Bonchev–Trinajstić information content (AvgIpc) is 2.93. The molecule has 1 aliphatic carbocycles. The van der Waals surface area contributed by atoms with Gasteiger partial charge in [0.1, 0.15) is 0 Å². The number of hydrogen-bond acceptors (Lipinski definition) is 2. The van der Waals surface area contributed by atoms with E-state index in [0.717, 1.165) is 12.8 Å². The molecule has 0 unspecified atom stereocenters. The number of rotatable bonds is 4. The Hall–Kier alpha value is -2.04. The van der Waals surface area contributed by atoms with Gasteiger partial charge in [0.25, 0.3) is 0 Å². The molecule has 21 heavy (non-hydrogen) atoms. The van der Waals surface area contributed by atoms with Gasteiger partial charge in [0, 0.05) is 18.3 Å². The Morgan fingerprint density at radius 3 is 2.52 bits per heavy atom. The number of carbonyl (C=O) groups excluding carboxylic acids is 1. The van der Waals surface area contributed by atoms with Crippen molar-refractivity contribution >= 4 is 17.7 Å². The number of carboxylic acids is 1. The zero-order valence-corrected chi connectivity index (χ0v) is 12.6. The molecule has 1 aromatic carbocycles. The standard InChI is InChI=1S/C16H22N2O3/c1-3-18(13-6-4-5-7-13)16(21)17-12-8-9-14(15(19)20)11(2)10-12/h8-10,13H,3-7H2,1-2H3,(H,17,21)(H,19,20). The highest BCUT2D eigenvalue weighted by Gasteiger charge is 2.25. The molecule has 1 aromatic rings. The molecule has 114 valence electrons. The van der Waals surface area contributed by atoms with Gasteiger partial charge in [-0.3, -0.25) is 0 Å². The van der Waals surface area contributed by atoms with E-state index in [1.54, 1.807) is 19.1 Å². The molecule has 1 fully saturated rings. The Kier molecular flexibility index (Phi) is 4.83. The molecule has 0 spiro atoms. The molecule has 2 rings (SSSR count). The van der Waals surface area contributed by atoms with Crippen LogP contribution in [-0.2, 0) is 0 Å². The summed E-state index contributed by atoms with van der Waals surface area (Å²) >= 11 is 0. The van der Waals surface area contributed by atoms with Crippen LogP contribution in [0.25, 0.3) is 0 Å². The molecule has 5 nitrogen and oxygen atoms in total. The van der Waals surface area contributed by atoms with Gasteiger partial charge in [-0.25, -0.2) is 9.59 Å². The van der Waals surface area contributed by atoms with Gasteiger partial charge in [-0.05, 0) is 50.5 Å². The van der Waals surface area contributed by atoms with Crippen LogP contribution in [0.3, 0.4) is 0 Å². The zero-order chi connectivity index (χ0) is 15.4. The fourth-order valence-corrected chi connectivity index (χ4v) is 2.96. The lowest BCUT2D eigenvalue weighted by atomic mass is 10.1. The molecule has 0 heterocycles. The van der Waals surface area contributed by atoms with Crippen LogP contribution in [-0.4, -0.2) is 34.6 Å². The first-order valence-electron chi connectivity index (χ1n) is 7.44. The van der Waals surface area contributed by atoms with Gasteiger partial charge in [0.2, 0.25) is 0 Å². The molecule has 1 aliphatic rings. The minimum absolute atomic E-state index is 0.105. The van der Waals surface area contributed by atoms with Gasteiger partial charge < -0.3 is 15.3 Å². The van der Waals surface area contributed by atoms with Crippen LogP contribution in [0.15, 0.2) is 18.2 Å². The predicted octanol–water partition coefficient (Wildman–Crippen LogP) is 3.49. The number of aromatic carboxylic acids is 1. The maximum atomic E-state index is 12.4. The van der Waals surface area contributed by atoms with Crippen molar-refractivity contribution in [2.75, 3.05) is 11.9 Å². The molecule has 0 atom stereocenters. The summed E-state index contributed by atoms with van der Waals surface area (Å²) in [5.41, 5.74) is 1.54. The summed E-state index contributed by atoms with van der Waals surface area (Å²) in [6.07, 6.45) is 4.50. The first-order chi connectivity index (χ1) is 10.0. The number of anilines is 1. The first kappa shape index (κ1) is 15.4. The molecule has 0 radical (unpaired) electrons. The summed E-state index contributed by atoms with van der Waals surface area (Å²) in [5.74, 6) is -0.952. The molecule has 0 aliphatic heterocycles. The Morgan fingerprint density at radius 1 is 1.33 bits per heavy atom. The van der Waals surface area contributed by atoms with E-state index in [-0.39, 0.29) is 11.6 Å². The number of carboxylic acid groups (broad SMARTS) is 1. The van der Waals surface area contributed by atoms with Crippen molar-refractivity contribution in [2.24, 2.45) is 0 Å². The van der Waals surface area contributed by atoms with E-state index in [1.807, 2.05) is 11.8 Å². The second-order valence-corrected chi connectivity index (χ2v) is 5.49. The number of amides is 2. The highest BCUT2D eigenvalue weighted by atomic mass is 16.4. The lowest BCUT2D eigenvalue weighted by Crippen LogP contribution is -2.41. The third-order valence-electron chi connectivity index (χ3n) is 4.08. The number of benzene rings is 1. The second-order valence-electron chi connectivity index (χ2n) is 5.49. The number of urea groups is 1. The maximum Gasteiger partial charge on any atom is 0.335 e. The molecule has 0 bridgehead atoms. The van der Waals surface area contributed by atoms with Gasteiger partial charge in [0.05, 0.1) is 5.56 Å². The van der Waals surface area contributed by atoms with E-state index in [9.17, 15) is 9.59 Å². The minimum atomic E-state index is -0.952. The summed E-state index contributed by atoms with van der Waals surface area (Å²) in [5, 5.41) is 11.9. The van der Waals surface area contributed by atoms with Gasteiger partial charge >= 0.3 is 12.0 Å². The van der Waals surface area contributed by atoms with Crippen LogP contribution in [0, 0.1) is 6.92 Å². The molecule has 0 aromatic heterocycles. The Morgan fingerprint density at radius 2 is 2.00 bits per heavy atom. The molecule has 0 saturated heterocycles. The molecule has 2 N–H and O–H groups in total. The third kappa shape index (κ3) is 3.54. The van der Waals surface area contributed by atoms with Gasteiger partial charge in [-0.2, -0.15) is 0 Å². The van der Waals surface area contributed by atoms with E-state index in [1.165, 1.54) is 18.9 Å². The van der Waals surface area contributed by atoms with Crippen molar-refractivity contribution in [3.05, 3.63) is 29.3 Å². The SMILES string of the molecule is CCN(C(=O)Nc1ccc(C(=O)O)c(C)c1)C1CCCC1.